The van der Waals surface area contributed by atoms with E-state index in [9.17, 15) is 0 Å². The number of nitrogens with zero attached hydrogens (tertiary/aromatic N) is 3. The first-order chi connectivity index (χ1) is 12.4. The Morgan fingerprint density at radius 2 is 2.00 bits per heavy atom. The van der Waals surface area contributed by atoms with E-state index in [2.05, 4.69) is 48.2 Å². The Kier molecular flexibility index (Phi) is 3.15. The van der Waals surface area contributed by atoms with Crippen LogP contribution in [0, 0.1) is 12.3 Å². The fourth-order valence-corrected chi connectivity index (χ4v) is 4.80. The zero-order valence-electron chi connectivity index (χ0n) is 15.8. The fourth-order valence-electron chi connectivity index (χ4n) is 4.80. The molecular weight excluding hydrogens is 324 g/mol. The molecule has 0 spiro atoms. The maximum absolute atomic E-state index is 6.03. The number of fused-ring (bicyclic) bond motifs is 5. The average molecular weight is 348 g/mol. The molecule has 3 aromatic rings. The topological polar surface area (TPSA) is 63.8 Å². The molecule has 0 amide bonds. The van der Waals surface area contributed by atoms with Crippen molar-refractivity contribution in [3.05, 3.63) is 41.3 Å². The number of benzene rings is 1. The van der Waals surface area contributed by atoms with Crippen molar-refractivity contribution in [1.29, 1.82) is 0 Å². The minimum absolute atomic E-state index is 0.146. The van der Waals surface area contributed by atoms with Crippen molar-refractivity contribution in [2.24, 2.45) is 5.41 Å². The summed E-state index contributed by atoms with van der Waals surface area (Å²) in [5.74, 6) is 0.542. The van der Waals surface area contributed by atoms with Gasteiger partial charge in [-0.2, -0.15) is 0 Å². The summed E-state index contributed by atoms with van der Waals surface area (Å²) in [5, 5.41) is 3.73. The van der Waals surface area contributed by atoms with E-state index < -0.39 is 0 Å². The Labute approximate surface area is 153 Å². The van der Waals surface area contributed by atoms with Gasteiger partial charge in [-0.1, -0.05) is 20.8 Å². The van der Waals surface area contributed by atoms with E-state index in [0.717, 1.165) is 36.2 Å². The van der Waals surface area contributed by atoms with Crippen LogP contribution in [0.3, 0.4) is 0 Å². The number of rotatable bonds is 1. The quantitative estimate of drug-likeness (QED) is 0.725. The molecule has 1 N–H and O–H groups in total. The van der Waals surface area contributed by atoms with Crippen molar-refractivity contribution in [2.75, 3.05) is 6.54 Å². The fraction of sp³-hybridized carbons (Fsp3) is 0.476. The largest absolute Gasteiger partial charge is 0.435 e. The third-order valence-corrected chi connectivity index (χ3v) is 6.94. The standard InChI is InChI=1S/C21H24N4O/c1-12-10-24-16(11-23-12)19-25-15-9-14-13(7-17(15)26-19)8-18-20(2,3)21(14,4)5-6-22-18/h7,9-11,18,22H,5-6,8H2,1-4H3. The van der Waals surface area contributed by atoms with Gasteiger partial charge in [0.05, 0.1) is 11.9 Å². The first-order valence-electron chi connectivity index (χ1n) is 9.35. The minimum atomic E-state index is 0.146. The molecule has 2 aromatic heterocycles. The lowest BCUT2D eigenvalue weighted by Gasteiger charge is -2.57. The van der Waals surface area contributed by atoms with Crippen LogP contribution in [0.4, 0.5) is 0 Å². The van der Waals surface area contributed by atoms with E-state index in [1.807, 2.05) is 6.92 Å². The summed E-state index contributed by atoms with van der Waals surface area (Å²) < 4.78 is 6.03. The first kappa shape index (κ1) is 15.9. The molecule has 1 fully saturated rings. The van der Waals surface area contributed by atoms with Crippen LogP contribution in [0.15, 0.2) is 28.9 Å². The van der Waals surface area contributed by atoms with Crippen molar-refractivity contribution in [3.8, 4) is 11.6 Å². The van der Waals surface area contributed by atoms with Gasteiger partial charge in [0, 0.05) is 17.7 Å². The number of aromatic nitrogens is 3. The molecule has 2 atom stereocenters. The SMILES string of the molecule is Cc1cnc(-c2nc3cc4c(cc3o2)CC2NCCC4(C)C2(C)C)cn1. The van der Waals surface area contributed by atoms with E-state index in [4.69, 9.17) is 9.40 Å². The predicted octanol–water partition coefficient (Wildman–Crippen LogP) is 3.80. The molecule has 0 radical (unpaired) electrons. The van der Waals surface area contributed by atoms with Gasteiger partial charge in [0.1, 0.15) is 11.2 Å². The van der Waals surface area contributed by atoms with Crippen molar-refractivity contribution in [2.45, 2.75) is 52.0 Å². The summed E-state index contributed by atoms with van der Waals surface area (Å²) in [7, 11) is 0. The number of hydrogen-bond acceptors (Lipinski definition) is 5. The molecule has 2 bridgehead atoms. The normalized spacial score (nSPS) is 26.7. The molecule has 26 heavy (non-hydrogen) atoms. The molecule has 134 valence electrons. The second-order valence-electron chi connectivity index (χ2n) is 8.55. The highest BCUT2D eigenvalue weighted by atomic mass is 16.3. The van der Waals surface area contributed by atoms with Gasteiger partial charge in [0.2, 0.25) is 5.89 Å². The smallest absolute Gasteiger partial charge is 0.247 e. The molecule has 5 rings (SSSR count). The lowest BCUT2D eigenvalue weighted by atomic mass is 9.51. The third-order valence-electron chi connectivity index (χ3n) is 6.94. The van der Waals surface area contributed by atoms with Crippen LogP contribution in [-0.4, -0.2) is 27.5 Å². The van der Waals surface area contributed by atoms with Crippen LogP contribution in [-0.2, 0) is 11.8 Å². The highest BCUT2D eigenvalue weighted by molar-refractivity contribution is 5.78. The van der Waals surface area contributed by atoms with Gasteiger partial charge in [-0.25, -0.2) is 9.97 Å². The van der Waals surface area contributed by atoms with E-state index in [1.54, 1.807) is 12.4 Å². The van der Waals surface area contributed by atoms with Gasteiger partial charge < -0.3 is 9.73 Å². The molecule has 2 aliphatic rings. The molecule has 5 heteroatoms. The summed E-state index contributed by atoms with van der Waals surface area (Å²) in [5.41, 5.74) is 6.48. The highest BCUT2D eigenvalue weighted by Gasteiger charge is 2.53. The van der Waals surface area contributed by atoms with Crippen molar-refractivity contribution >= 4 is 11.1 Å². The zero-order chi connectivity index (χ0) is 18.1. The first-order valence-corrected chi connectivity index (χ1v) is 9.35. The minimum Gasteiger partial charge on any atom is -0.435 e. The van der Waals surface area contributed by atoms with Gasteiger partial charge in [0.25, 0.3) is 0 Å². The van der Waals surface area contributed by atoms with Gasteiger partial charge in [-0.05, 0) is 55.0 Å². The molecule has 1 aliphatic carbocycles. The lowest BCUT2D eigenvalue weighted by molar-refractivity contribution is 0.0561. The van der Waals surface area contributed by atoms with Crippen LogP contribution in [0.25, 0.3) is 22.7 Å². The van der Waals surface area contributed by atoms with Crippen LogP contribution in [0.5, 0.6) is 0 Å². The zero-order valence-corrected chi connectivity index (χ0v) is 15.8. The number of piperidine rings is 1. The van der Waals surface area contributed by atoms with Gasteiger partial charge >= 0.3 is 0 Å². The average Bonchev–Trinajstić information content (AvgIpc) is 3.00. The Hall–Kier alpha value is -2.27. The number of aryl methyl sites for hydroxylation is 1. The van der Waals surface area contributed by atoms with Crippen LogP contribution >= 0.6 is 0 Å². The summed E-state index contributed by atoms with van der Waals surface area (Å²) >= 11 is 0. The van der Waals surface area contributed by atoms with E-state index in [1.165, 1.54) is 11.1 Å². The van der Waals surface area contributed by atoms with Crippen molar-refractivity contribution in [3.63, 3.8) is 0 Å². The number of oxazole rings is 1. The maximum atomic E-state index is 6.03. The van der Waals surface area contributed by atoms with Crippen molar-refractivity contribution < 1.29 is 4.42 Å². The molecule has 1 aromatic carbocycles. The predicted molar refractivity (Wildman–Crippen MR) is 101 cm³/mol. The van der Waals surface area contributed by atoms with E-state index >= 15 is 0 Å². The summed E-state index contributed by atoms with van der Waals surface area (Å²) in [6.07, 6.45) is 5.65. The molecule has 3 heterocycles. The number of hydrogen-bond donors (Lipinski definition) is 1. The Balaban J connectivity index is 1.68. The second-order valence-corrected chi connectivity index (χ2v) is 8.55. The number of nitrogens with one attached hydrogen (secondary N) is 1. The highest BCUT2D eigenvalue weighted by Crippen LogP contribution is 2.54. The molecule has 1 aliphatic heterocycles. The summed E-state index contributed by atoms with van der Waals surface area (Å²) in [6.45, 7) is 10.2. The van der Waals surface area contributed by atoms with Crippen LogP contribution in [0.2, 0.25) is 0 Å². The third kappa shape index (κ3) is 2.04. The molecule has 0 saturated carbocycles. The van der Waals surface area contributed by atoms with Crippen LogP contribution in [0.1, 0.15) is 44.0 Å². The van der Waals surface area contributed by atoms with E-state index in [0.29, 0.717) is 17.6 Å². The Morgan fingerprint density at radius 3 is 2.77 bits per heavy atom. The van der Waals surface area contributed by atoms with Gasteiger partial charge in [-0.15, -0.1) is 0 Å². The molecule has 5 nitrogen and oxygen atoms in total. The monoisotopic (exact) mass is 348 g/mol. The van der Waals surface area contributed by atoms with E-state index in [-0.39, 0.29) is 10.8 Å². The van der Waals surface area contributed by atoms with Crippen LogP contribution < -0.4 is 5.32 Å². The molecular formula is C21H24N4O. The summed E-state index contributed by atoms with van der Waals surface area (Å²) in [4.78, 5) is 13.4. The second kappa shape index (κ2) is 5.13. The Morgan fingerprint density at radius 1 is 1.15 bits per heavy atom. The van der Waals surface area contributed by atoms with Crippen molar-refractivity contribution in [1.82, 2.24) is 20.3 Å². The maximum Gasteiger partial charge on any atom is 0.247 e. The lowest BCUT2D eigenvalue weighted by Crippen LogP contribution is -2.62. The Bertz CT molecular complexity index is 1000. The van der Waals surface area contributed by atoms with Gasteiger partial charge in [0.15, 0.2) is 5.58 Å². The molecule has 1 saturated heterocycles. The molecule has 2 unspecified atom stereocenters. The summed E-state index contributed by atoms with van der Waals surface area (Å²) in [6, 6.07) is 4.94. The van der Waals surface area contributed by atoms with Gasteiger partial charge in [-0.3, -0.25) is 4.98 Å².